The lowest BCUT2D eigenvalue weighted by Gasteiger charge is -2.29. The molecule has 150 valence electrons. The molecule has 0 amide bonds. The molecule has 0 bridgehead atoms. The van der Waals surface area contributed by atoms with Gasteiger partial charge in [0.1, 0.15) is 0 Å². The zero-order chi connectivity index (χ0) is 19.8. The predicted molar refractivity (Wildman–Crippen MR) is 113 cm³/mol. The Kier molecular flexibility index (Phi) is 5.71. The summed E-state index contributed by atoms with van der Waals surface area (Å²) in [6.07, 6.45) is 5.23. The number of hydrogen-bond acceptors (Lipinski definition) is 3. The molecular formula is C21H33N3O2S. The predicted octanol–water partition coefficient (Wildman–Crippen LogP) is 3.30. The van der Waals surface area contributed by atoms with Gasteiger partial charge < -0.3 is 9.47 Å². The smallest absolute Gasteiger partial charge is 0.211 e. The van der Waals surface area contributed by atoms with Crippen molar-refractivity contribution in [3.63, 3.8) is 0 Å². The Morgan fingerprint density at radius 3 is 2.44 bits per heavy atom. The quantitative estimate of drug-likeness (QED) is 0.851. The van der Waals surface area contributed by atoms with Gasteiger partial charge in [0.2, 0.25) is 10.0 Å². The van der Waals surface area contributed by atoms with Crippen LogP contribution < -0.4 is 4.72 Å². The third kappa shape index (κ3) is 4.55. The molecule has 1 aromatic carbocycles. The maximum atomic E-state index is 11.8. The number of benzene rings is 1. The molecule has 0 unspecified atom stereocenters. The molecule has 2 aromatic rings. The topological polar surface area (TPSA) is 54.3 Å². The number of aromatic nitrogens is 1. The van der Waals surface area contributed by atoms with E-state index in [-0.39, 0.29) is 11.3 Å². The van der Waals surface area contributed by atoms with Crippen LogP contribution in [0.3, 0.4) is 0 Å². The SMILES string of the molecule is CNS(=O)(=O)CCc1ccc2c(c1)c(C1CCN(C)CC1)cn2C(C)(C)C. The third-order valence-corrected chi connectivity index (χ3v) is 7.11. The summed E-state index contributed by atoms with van der Waals surface area (Å²) in [7, 11) is 0.475. The van der Waals surface area contributed by atoms with Crippen LogP contribution in [0.1, 0.15) is 50.7 Å². The van der Waals surface area contributed by atoms with E-state index in [1.165, 1.54) is 36.4 Å². The average molecular weight is 392 g/mol. The highest BCUT2D eigenvalue weighted by Gasteiger charge is 2.25. The molecule has 3 rings (SSSR count). The average Bonchev–Trinajstić information content (AvgIpc) is 3.00. The molecule has 1 fully saturated rings. The van der Waals surface area contributed by atoms with E-state index < -0.39 is 10.0 Å². The number of fused-ring (bicyclic) bond motifs is 1. The molecule has 27 heavy (non-hydrogen) atoms. The molecular weight excluding hydrogens is 358 g/mol. The summed E-state index contributed by atoms with van der Waals surface area (Å²) in [4.78, 5) is 2.40. The van der Waals surface area contributed by atoms with Gasteiger partial charge >= 0.3 is 0 Å². The summed E-state index contributed by atoms with van der Waals surface area (Å²) >= 11 is 0. The molecule has 5 nitrogen and oxygen atoms in total. The van der Waals surface area contributed by atoms with Crippen LogP contribution in [0.2, 0.25) is 0 Å². The molecule has 2 heterocycles. The van der Waals surface area contributed by atoms with Crippen molar-refractivity contribution < 1.29 is 8.42 Å². The van der Waals surface area contributed by atoms with Crippen LogP contribution in [0.4, 0.5) is 0 Å². The summed E-state index contributed by atoms with van der Waals surface area (Å²) in [5.74, 6) is 0.696. The molecule has 1 saturated heterocycles. The van der Waals surface area contributed by atoms with E-state index in [1.54, 1.807) is 0 Å². The van der Waals surface area contributed by atoms with Gasteiger partial charge in [0.05, 0.1) is 5.75 Å². The van der Waals surface area contributed by atoms with Gasteiger partial charge in [-0.15, -0.1) is 0 Å². The third-order valence-electron chi connectivity index (χ3n) is 5.75. The Labute approximate surface area is 163 Å². The second-order valence-electron chi connectivity index (χ2n) is 8.83. The maximum absolute atomic E-state index is 11.8. The minimum atomic E-state index is -3.19. The number of nitrogens with zero attached hydrogens (tertiary/aromatic N) is 2. The highest BCUT2D eigenvalue weighted by Crippen LogP contribution is 2.37. The Hall–Kier alpha value is -1.37. The normalized spacial score (nSPS) is 17.7. The van der Waals surface area contributed by atoms with Gasteiger partial charge in [0.15, 0.2) is 0 Å². The van der Waals surface area contributed by atoms with Crippen molar-refractivity contribution in [3.8, 4) is 0 Å². The Balaban J connectivity index is 2.00. The first-order valence-corrected chi connectivity index (χ1v) is 11.5. The Morgan fingerprint density at radius 2 is 1.85 bits per heavy atom. The van der Waals surface area contributed by atoms with Gasteiger partial charge in [0.25, 0.3) is 0 Å². The van der Waals surface area contributed by atoms with E-state index in [2.05, 4.69) is 66.4 Å². The van der Waals surface area contributed by atoms with E-state index >= 15 is 0 Å². The lowest BCUT2D eigenvalue weighted by Crippen LogP contribution is -2.29. The molecule has 0 radical (unpaired) electrons. The molecule has 1 aromatic heterocycles. The minimum absolute atomic E-state index is 0.0128. The number of aryl methyl sites for hydroxylation is 1. The van der Waals surface area contributed by atoms with Crippen molar-refractivity contribution in [1.29, 1.82) is 0 Å². The largest absolute Gasteiger partial charge is 0.342 e. The molecule has 0 atom stereocenters. The van der Waals surface area contributed by atoms with Crippen LogP contribution >= 0.6 is 0 Å². The highest BCUT2D eigenvalue weighted by atomic mass is 32.2. The van der Waals surface area contributed by atoms with Gasteiger partial charge in [-0.3, -0.25) is 0 Å². The second-order valence-corrected chi connectivity index (χ2v) is 10.9. The zero-order valence-corrected chi connectivity index (χ0v) is 18.1. The number of piperidine rings is 1. The van der Waals surface area contributed by atoms with E-state index in [1.807, 2.05) is 0 Å². The zero-order valence-electron chi connectivity index (χ0n) is 17.2. The van der Waals surface area contributed by atoms with E-state index in [0.717, 1.165) is 18.7 Å². The molecule has 0 spiro atoms. The Morgan fingerprint density at radius 1 is 1.19 bits per heavy atom. The lowest BCUT2D eigenvalue weighted by atomic mass is 9.89. The minimum Gasteiger partial charge on any atom is -0.342 e. The maximum Gasteiger partial charge on any atom is 0.211 e. The molecule has 0 saturated carbocycles. The molecule has 0 aliphatic carbocycles. The molecule has 1 aliphatic heterocycles. The molecule has 6 heteroatoms. The lowest BCUT2D eigenvalue weighted by molar-refractivity contribution is 0.255. The fourth-order valence-corrected chi connectivity index (χ4v) is 4.72. The summed E-state index contributed by atoms with van der Waals surface area (Å²) in [5.41, 5.74) is 3.77. The van der Waals surface area contributed by atoms with E-state index in [9.17, 15) is 8.42 Å². The standard InChI is InChI=1S/C21H33N3O2S/c1-21(2,3)24-15-19(17-8-11-23(5)12-9-17)18-14-16(6-7-20(18)24)10-13-27(25,26)22-4/h6-7,14-15,17,22H,8-13H2,1-5H3. The van der Waals surface area contributed by atoms with Crippen molar-refractivity contribution in [1.82, 2.24) is 14.2 Å². The van der Waals surface area contributed by atoms with Crippen LogP contribution in [0.25, 0.3) is 10.9 Å². The fourth-order valence-electron chi connectivity index (χ4n) is 4.01. The monoisotopic (exact) mass is 391 g/mol. The first-order chi connectivity index (χ1) is 12.6. The van der Waals surface area contributed by atoms with Crippen LogP contribution in [0.5, 0.6) is 0 Å². The van der Waals surface area contributed by atoms with Gasteiger partial charge in [-0.2, -0.15) is 0 Å². The van der Waals surface area contributed by atoms with Crippen molar-refractivity contribution >= 4 is 20.9 Å². The van der Waals surface area contributed by atoms with Gasteiger partial charge in [-0.05, 0) is 96.4 Å². The number of nitrogens with one attached hydrogen (secondary N) is 1. The van der Waals surface area contributed by atoms with E-state index in [0.29, 0.717) is 12.3 Å². The first-order valence-electron chi connectivity index (χ1n) is 9.85. The van der Waals surface area contributed by atoms with Crippen LogP contribution in [-0.4, -0.2) is 50.8 Å². The van der Waals surface area contributed by atoms with Gasteiger partial charge in [-0.1, -0.05) is 6.07 Å². The summed E-state index contributed by atoms with van der Waals surface area (Å²) in [6, 6.07) is 6.46. The first kappa shape index (κ1) is 20.4. The number of likely N-dealkylation sites (tertiary alicyclic amines) is 1. The number of sulfonamides is 1. The van der Waals surface area contributed by atoms with Crippen LogP contribution in [0.15, 0.2) is 24.4 Å². The fraction of sp³-hybridized carbons (Fsp3) is 0.619. The molecule has 1 N–H and O–H groups in total. The van der Waals surface area contributed by atoms with Crippen molar-refractivity contribution in [2.75, 3.05) is 32.9 Å². The number of hydrogen-bond donors (Lipinski definition) is 1. The van der Waals surface area contributed by atoms with E-state index in [4.69, 9.17) is 0 Å². The van der Waals surface area contributed by atoms with Gasteiger partial charge in [-0.25, -0.2) is 13.1 Å². The van der Waals surface area contributed by atoms with Crippen LogP contribution in [0, 0.1) is 0 Å². The van der Waals surface area contributed by atoms with Crippen molar-refractivity contribution in [3.05, 3.63) is 35.5 Å². The second kappa shape index (κ2) is 7.57. The summed E-state index contributed by atoms with van der Waals surface area (Å²) in [6.45, 7) is 8.97. The van der Waals surface area contributed by atoms with Crippen molar-refractivity contribution in [2.24, 2.45) is 0 Å². The molecule has 1 aliphatic rings. The van der Waals surface area contributed by atoms with Crippen LogP contribution in [-0.2, 0) is 22.0 Å². The number of rotatable bonds is 5. The van der Waals surface area contributed by atoms with Crippen molar-refractivity contribution in [2.45, 2.75) is 51.5 Å². The summed E-state index contributed by atoms with van der Waals surface area (Å²) in [5, 5.41) is 1.29. The highest BCUT2D eigenvalue weighted by molar-refractivity contribution is 7.89. The summed E-state index contributed by atoms with van der Waals surface area (Å²) < 4.78 is 28.4. The Bertz CT molecular complexity index is 901. The van der Waals surface area contributed by atoms with Gasteiger partial charge in [0, 0.05) is 22.6 Å².